The van der Waals surface area contributed by atoms with Gasteiger partial charge in [0.25, 0.3) is 5.91 Å². The van der Waals surface area contributed by atoms with Gasteiger partial charge in [0.05, 0.1) is 5.69 Å². The van der Waals surface area contributed by atoms with Crippen molar-refractivity contribution in [3.63, 3.8) is 0 Å². The molecule has 1 aromatic heterocycles. The summed E-state index contributed by atoms with van der Waals surface area (Å²) in [6.45, 7) is 5.87. The zero-order valence-corrected chi connectivity index (χ0v) is 15.3. The molecule has 1 heterocycles. The minimum Gasteiger partial charge on any atom is -0.348 e. The lowest BCUT2D eigenvalue weighted by Crippen LogP contribution is -2.34. The van der Waals surface area contributed by atoms with Crippen molar-refractivity contribution in [1.82, 2.24) is 20.3 Å². The Kier molecular flexibility index (Phi) is 6.56. The molecule has 0 saturated carbocycles. The molecule has 1 unspecified atom stereocenters. The first-order valence-electron chi connectivity index (χ1n) is 8.69. The Bertz CT molecular complexity index is 786. The summed E-state index contributed by atoms with van der Waals surface area (Å²) in [5.74, 6) is -1.17. The Balaban J connectivity index is 2.25. The minimum atomic E-state index is -4.89. The molecule has 0 saturated heterocycles. The van der Waals surface area contributed by atoms with Gasteiger partial charge in [-0.2, -0.15) is 13.2 Å². The van der Waals surface area contributed by atoms with Gasteiger partial charge in [-0.1, -0.05) is 38.0 Å². The summed E-state index contributed by atoms with van der Waals surface area (Å²) in [6, 6.07) is 4.18. The number of amides is 1. The lowest BCUT2D eigenvalue weighted by atomic mass is 10.0. The average molecular weight is 386 g/mol. The van der Waals surface area contributed by atoms with Gasteiger partial charge in [-0.25, -0.2) is 9.07 Å². The predicted molar refractivity (Wildman–Crippen MR) is 91.9 cm³/mol. The number of nitrogens with zero attached hydrogens (tertiary/aromatic N) is 3. The molecule has 0 aliphatic heterocycles. The molecule has 1 amide bonds. The molecule has 2 aromatic rings. The zero-order valence-electron chi connectivity index (χ0n) is 15.3. The van der Waals surface area contributed by atoms with Gasteiger partial charge in [-0.05, 0) is 37.5 Å². The maximum absolute atomic E-state index is 13.5. The van der Waals surface area contributed by atoms with Crippen molar-refractivity contribution < 1.29 is 22.4 Å². The first-order chi connectivity index (χ1) is 12.6. The summed E-state index contributed by atoms with van der Waals surface area (Å²) in [4.78, 5) is 12.3. The molecular weight excluding hydrogens is 364 g/mol. The molecule has 0 spiro atoms. The Hall–Kier alpha value is -2.45. The lowest BCUT2D eigenvalue weighted by molar-refractivity contribution is -0.143. The number of halogens is 4. The number of hydrogen-bond acceptors (Lipinski definition) is 3. The highest BCUT2D eigenvalue weighted by Crippen LogP contribution is 2.32. The van der Waals surface area contributed by atoms with Crippen LogP contribution in [-0.4, -0.2) is 26.9 Å². The van der Waals surface area contributed by atoms with Gasteiger partial charge >= 0.3 is 6.18 Å². The van der Waals surface area contributed by atoms with Gasteiger partial charge < -0.3 is 5.32 Å². The predicted octanol–water partition coefficient (Wildman–Crippen LogP) is 4.37. The van der Waals surface area contributed by atoms with Crippen molar-refractivity contribution in [3.8, 4) is 5.69 Å². The van der Waals surface area contributed by atoms with Gasteiger partial charge in [-0.15, -0.1) is 5.10 Å². The lowest BCUT2D eigenvalue weighted by Gasteiger charge is -2.15. The van der Waals surface area contributed by atoms with E-state index in [9.17, 15) is 22.4 Å². The highest BCUT2D eigenvalue weighted by Gasteiger charge is 2.42. The summed E-state index contributed by atoms with van der Waals surface area (Å²) in [5.41, 5.74) is -2.33. The van der Waals surface area contributed by atoms with Crippen LogP contribution in [0, 0.1) is 11.7 Å². The summed E-state index contributed by atoms with van der Waals surface area (Å²) in [6.07, 6.45) is -2.43. The third-order valence-electron chi connectivity index (χ3n) is 4.00. The van der Waals surface area contributed by atoms with Gasteiger partial charge in [0.15, 0.2) is 11.4 Å². The fourth-order valence-electron chi connectivity index (χ4n) is 2.67. The second-order valence-corrected chi connectivity index (χ2v) is 6.88. The van der Waals surface area contributed by atoms with Crippen LogP contribution in [0.3, 0.4) is 0 Å². The molecule has 5 nitrogen and oxygen atoms in total. The molecule has 0 aliphatic rings. The third-order valence-corrected chi connectivity index (χ3v) is 4.00. The molecule has 0 bridgehead atoms. The van der Waals surface area contributed by atoms with Gasteiger partial charge in [0.1, 0.15) is 5.82 Å². The van der Waals surface area contributed by atoms with E-state index < -0.39 is 29.3 Å². The number of rotatable bonds is 7. The maximum Gasteiger partial charge on any atom is 0.435 e. The number of nitrogens with one attached hydrogen (secondary N) is 1. The molecule has 0 fully saturated rings. The van der Waals surface area contributed by atoms with Crippen LogP contribution in [-0.2, 0) is 6.18 Å². The molecule has 27 heavy (non-hydrogen) atoms. The molecule has 0 radical (unpaired) electrons. The Morgan fingerprint density at radius 1 is 1.22 bits per heavy atom. The molecule has 1 N–H and O–H groups in total. The van der Waals surface area contributed by atoms with Gasteiger partial charge in [0.2, 0.25) is 0 Å². The summed E-state index contributed by atoms with van der Waals surface area (Å²) in [5, 5.41) is 9.37. The minimum absolute atomic E-state index is 0.168. The highest BCUT2D eigenvalue weighted by atomic mass is 19.4. The molecular formula is C18H22F4N4O. The molecule has 148 valence electrons. The van der Waals surface area contributed by atoms with Crippen molar-refractivity contribution in [1.29, 1.82) is 0 Å². The SMILES string of the molecule is CC(C)CCCC(C)NC(=O)c1nnn(-c2cccc(F)c2)c1C(F)(F)F. The number of alkyl halides is 3. The summed E-state index contributed by atoms with van der Waals surface area (Å²) in [7, 11) is 0. The normalized spacial score (nSPS) is 13.0. The van der Waals surface area contributed by atoms with E-state index in [-0.39, 0.29) is 11.7 Å². The monoisotopic (exact) mass is 386 g/mol. The average Bonchev–Trinajstić information content (AvgIpc) is 2.99. The number of hydrogen-bond donors (Lipinski definition) is 1. The number of carbonyl (C=O) groups excluding carboxylic acids is 1. The fraction of sp³-hybridized carbons (Fsp3) is 0.500. The fourth-order valence-corrected chi connectivity index (χ4v) is 2.67. The molecule has 2 rings (SSSR count). The first-order valence-corrected chi connectivity index (χ1v) is 8.69. The Morgan fingerprint density at radius 2 is 1.93 bits per heavy atom. The topological polar surface area (TPSA) is 59.8 Å². The van der Waals surface area contributed by atoms with Crippen LogP contribution in [0.4, 0.5) is 17.6 Å². The van der Waals surface area contributed by atoms with Crippen LogP contribution in [0.15, 0.2) is 24.3 Å². The second-order valence-electron chi connectivity index (χ2n) is 6.88. The van der Waals surface area contributed by atoms with Crippen LogP contribution in [0.25, 0.3) is 5.69 Å². The van der Waals surface area contributed by atoms with E-state index in [2.05, 4.69) is 29.5 Å². The third kappa shape index (κ3) is 5.51. The van der Waals surface area contributed by atoms with E-state index >= 15 is 0 Å². The zero-order chi connectivity index (χ0) is 20.2. The van der Waals surface area contributed by atoms with Crippen LogP contribution >= 0.6 is 0 Å². The first kappa shape index (κ1) is 20.9. The van der Waals surface area contributed by atoms with E-state index in [1.54, 1.807) is 6.92 Å². The largest absolute Gasteiger partial charge is 0.435 e. The van der Waals surface area contributed by atoms with Crippen molar-refractivity contribution in [2.24, 2.45) is 5.92 Å². The Labute approximate surface area is 154 Å². The van der Waals surface area contributed by atoms with Crippen LogP contribution in [0.2, 0.25) is 0 Å². The van der Waals surface area contributed by atoms with E-state index in [4.69, 9.17) is 0 Å². The highest BCUT2D eigenvalue weighted by molar-refractivity contribution is 5.93. The summed E-state index contributed by atoms with van der Waals surface area (Å²) < 4.78 is 54.4. The Morgan fingerprint density at radius 3 is 2.52 bits per heavy atom. The number of benzene rings is 1. The molecule has 1 aromatic carbocycles. The van der Waals surface area contributed by atoms with E-state index in [1.807, 2.05) is 0 Å². The van der Waals surface area contributed by atoms with Gasteiger partial charge in [-0.3, -0.25) is 4.79 Å². The van der Waals surface area contributed by atoms with Crippen LogP contribution in [0.5, 0.6) is 0 Å². The van der Waals surface area contributed by atoms with E-state index in [1.165, 1.54) is 12.1 Å². The van der Waals surface area contributed by atoms with Crippen LogP contribution in [0.1, 0.15) is 56.2 Å². The number of aromatic nitrogens is 3. The van der Waals surface area contributed by atoms with E-state index in [0.717, 1.165) is 25.0 Å². The van der Waals surface area contributed by atoms with Crippen molar-refractivity contribution in [2.45, 2.75) is 52.3 Å². The molecule has 9 heteroatoms. The maximum atomic E-state index is 13.5. The standard InChI is InChI=1S/C18H22F4N4O/c1-11(2)6-4-7-12(3)23-17(27)15-16(18(20,21)22)26(25-24-15)14-9-5-8-13(19)10-14/h5,8-12H,4,6-7H2,1-3H3,(H,23,27). The van der Waals surface area contributed by atoms with Crippen molar-refractivity contribution >= 4 is 5.91 Å². The summed E-state index contributed by atoms with van der Waals surface area (Å²) >= 11 is 0. The molecule has 1 atom stereocenters. The quantitative estimate of drug-likeness (QED) is 0.719. The van der Waals surface area contributed by atoms with Crippen LogP contribution < -0.4 is 5.32 Å². The smallest absolute Gasteiger partial charge is 0.348 e. The van der Waals surface area contributed by atoms with Gasteiger partial charge in [0, 0.05) is 6.04 Å². The number of carbonyl (C=O) groups is 1. The van der Waals surface area contributed by atoms with Crippen molar-refractivity contribution in [2.75, 3.05) is 0 Å². The second kappa shape index (κ2) is 8.49. The van der Waals surface area contributed by atoms with E-state index in [0.29, 0.717) is 17.0 Å². The molecule has 0 aliphatic carbocycles. The van der Waals surface area contributed by atoms with Crippen molar-refractivity contribution in [3.05, 3.63) is 41.5 Å².